The van der Waals surface area contributed by atoms with Gasteiger partial charge in [0.1, 0.15) is 0 Å². The minimum atomic E-state index is -0.323. The Labute approximate surface area is 109 Å². The number of nitrogens with one attached hydrogen (secondary N) is 1. The van der Waals surface area contributed by atoms with Gasteiger partial charge in [-0.05, 0) is 6.07 Å². The zero-order valence-corrected chi connectivity index (χ0v) is 10.1. The van der Waals surface area contributed by atoms with Gasteiger partial charge in [-0.3, -0.25) is 19.9 Å². The molecule has 1 aromatic heterocycles. The number of rotatable bonds is 1. The van der Waals surface area contributed by atoms with Crippen molar-refractivity contribution in [2.75, 3.05) is 23.7 Å². The predicted octanol–water partition coefficient (Wildman–Crippen LogP) is 0.280. The summed E-state index contributed by atoms with van der Waals surface area (Å²) in [5.74, 6) is -0.645. The van der Waals surface area contributed by atoms with Crippen molar-refractivity contribution in [1.82, 2.24) is 10.3 Å². The molecule has 6 nitrogen and oxygen atoms in total. The fourth-order valence-corrected chi connectivity index (χ4v) is 2.29. The van der Waals surface area contributed by atoms with E-state index in [9.17, 15) is 9.59 Å². The number of hydrogen-bond acceptors (Lipinski definition) is 5. The third-order valence-corrected chi connectivity index (χ3v) is 3.04. The second kappa shape index (κ2) is 4.24. The number of piperazine rings is 1. The molecular formula is C13H12N4O2. The van der Waals surface area contributed by atoms with Gasteiger partial charge < -0.3 is 10.6 Å². The van der Waals surface area contributed by atoms with E-state index in [-0.39, 0.29) is 24.9 Å². The fourth-order valence-electron chi connectivity index (χ4n) is 2.29. The molecule has 96 valence electrons. The number of nitrogen functional groups attached to an aromatic ring is 1. The van der Waals surface area contributed by atoms with E-state index in [2.05, 4.69) is 10.3 Å². The van der Waals surface area contributed by atoms with Crippen molar-refractivity contribution in [3.8, 4) is 0 Å². The number of imide groups is 1. The number of carbonyl (C=O) groups is 2. The summed E-state index contributed by atoms with van der Waals surface area (Å²) in [6.07, 6.45) is 1.55. The van der Waals surface area contributed by atoms with Gasteiger partial charge in [-0.2, -0.15) is 0 Å². The van der Waals surface area contributed by atoms with Crippen LogP contribution < -0.4 is 16.0 Å². The van der Waals surface area contributed by atoms with E-state index in [1.165, 1.54) is 0 Å². The Bertz CT molecular complexity index is 667. The van der Waals surface area contributed by atoms with Gasteiger partial charge in [0.15, 0.2) is 0 Å². The molecule has 0 atom stereocenters. The van der Waals surface area contributed by atoms with E-state index in [0.29, 0.717) is 11.4 Å². The van der Waals surface area contributed by atoms with Crippen molar-refractivity contribution in [3.63, 3.8) is 0 Å². The SMILES string of the molecule is Nc1cnc2ccccc2c1N1CC(=O)NC(=O)C1. The normalized spacial score (nSPS) is 15.7. The van der Waals surface area contributed by atoms with Crippen LogP contribution in [0, 0.1) is 0 Å². The summed E-state index contributed by atoms with van der Waals surface area (Å²) in [6, 6.07) is 7.50. The van der Waals surface area contributed by atoms with Crippen molar-refractivity contribution in [3.05, 3.63) is 30.5 Å². The molecule has 1 saturated heterocycles. The highest BCUT2D eigenvalue weighted by molar-refractivity contribution is 6.06. The highest BCUT2D eigenvalue weighted by atomic mass is 16.2. The number of nitrogens with zero attached hydrogens (tertiary/aromatic N) is 2. The Balaban J connectivity index is 2.16. The van der Waals surface area contributed by atoms with Crippen molar-refractivity contribution in [1.29, 1.82) is 0 Å². The van der Waals surface area contributed by atoms with Crippen LogP contribution in [0.2, 0.25) is 0 Å². The van der Waals surface area contributed by atoms with Gasteiger partial charge in [-0.1, -0.05) is 18.2 Å². The zero-order valence-electron chi connectivity index (χ0n) is 10.1. The van der Waals surface area contributed by atoms with Gasteiger partial charge in [-0.15, -0.1) is 0 Å². The summed E-state index contributed by atoms with van der Waals surface area (Å²) in [5.41, 5.74) is 7.89. The molecule has 1 aliphatic rings. The average Bonchev–Trinajstić information content (AvgIpc) is 2.37. The maximum absolute atomic E-state index is 11.5. The van der Waals surface area contributed by atoms with Crippen LogP contribution in [0.3, 0.4) is 0 Å². The monoisotopic (exact) mass is 256 g/mol. The number of amides is 2. The molecule has 0 radical (unpaired) electrons. The first-order chi connectivity index (χ1) is 9.15. The van der Waals surface area contributed by atoms with Crippen molar-refractivity contribution in [2.45, 2.75) is 0 Å². The standard InChI is InChI=1S/C13H12N4O2/c14-9-5-15-10-4-2-1-3-8(10)13(9)17-6-11(18)16-12(19)7-17/h1-5H,6-7,14H2,(H,16,18,19). The van der Waals surface area contributed by atoms with E-state index >= 15 is 0 Å². The number of benzene rings is 1. The molecule has 19 heavy (non-hydrogen) atoms. The van der Waals surface area contributed by atoms with Crippen LogP contribution >= 0.6 is 0 Å². The predicted molar refractivity (Wildman–Crippen MR) is 71.5 cm³/mol. The fraction of sp³-hybridized carbons (Fsp3) is 0.154. The van der Waals surface area contributed by atoms with Crippen LogP contribution in [0.1, 0.15) is 0 Å². The first kappa shape index (κ1) is 11.5. The van der Waals surface area contributed by atoms with Crippen molar-refractivity contribution >= 4 is 34.1 Å². The van der Waals surface area contributed by atoms with Gasteiger partial charge >= 0.3 is 0 Å². The quantitative estimate of drug-likeness (QED) is 0.715. The Morgan fingerprint density at radius 2 is 1.84 bits per heavy atom. The topological polar surface area (TPSA) is 88.3 Å². The Kier molecular flexibility index (Phi) is 2.56. The summed E-state index contributed by atoms with van der Waals surface area (Å²) < 4.78 is 0. The van der Waals surface area contributed by atoms with E-state index in [1.807, 2.05) is 24.3 Å². The maximum Gasteiger partial charge on any atom is 0.246 e. The molecule has 2 heterocycles. The van der Waals surface area contributed by atoms with E-state index in [1.54, 1.807) is 11.1 Å². The van der Waals surface area contributed by atoms with Crippen LogP contribution in [-0.4, -0.2) is 29.9 Å². The number of hydrogen-bond donors (Lipinski definition) is 2. The van der Waals surface area contributed by atoms with E-state index < -0.39 is 0 Å². The average molecular weight is 256 g/mol. The molecule has 1 aromatic carbocycles. The highest BCUT2D eigenvalue weighted by Crippen LogP contribution is 2.31. The minimum absolute atomic E-state index is 0.115. The number of anilines is 2. The summed E-state index contributed by atoms with van der Waals surface area (Å²) >= 11 is 0. The van der Waals surface area contributed by atoms with Crippen LogP contribution in [-0.2, 0) is 9.59 Å². The highest BCUT2D eigenvalue weighted by Gasteiger charge is 2.25. The molecule has 0 unspecified atom stereocenters. The second-order valence-electron chi connectivity index (χ2n) is 4.41. The van der Waals surface area contributed by atoms with Gasteiger partial charge in [0, 0.05) is 5.39 Å². The number of fused-ring (bicyclic) bond motifs is 1. The summed E-state index contributed by atoms with van der Waals surface area (Å²) in [5, 5.41) is 3.11. The number of carbonyl (C=O) groups excluding carboxylic acids is 2. The molecule has 2 aromatic rings. The lowest BCUT2D eigenvalue weighted by Gasteiger charge is -2.29. The maximum atomic E-state index is 11.5. The second-order valence-corrected chi connectivity index (χ2v) is 4.41. The summed E-state index contributed by atoms with van der Waals surface area (Å²) in [6.45, 7) is 0.230. The Hall–Kier alpha value is -2.63. The van der Waals surface area contributed by atoms with Gasteiger partial charge in [0.25, 0.3) is 0 Å². The lowest BCUT2D eigenvalue weighted by atomic mass is 10.1. The summed E-state index contributed by atoms with van der Waals surface area (Å²) in [4.78, 5) is 28.9. The lowest BCUT2D eigenvalue weighted by Crippen LogP contribution is -2.51. The molecule has 3 rings (SSSR count). The van der Waals surface area contributed by atoms with E-state index in [4.69, 9.17) is 5.73 Å². The van der Waals surface area contributed by atoms with E-state index in [0.717, 1.165) is 10.9 Å². The Morgan fingerprint density at radius 3 is 2.58 bits per heavy atom. The van der Waals surface area contributed by atoms with Gasteiger partial charge in [0.2, 0.25) is 11.8 Å². The molecule has 1 fully saturated rings. The number of para-hydroxylation sites is 1. The first-order valence-corrected chi connectivity index (χ1v) is 5.86. The first-order valence-electron chi connectivity index (χ1n) is 5.86. The smallest absolute Gasteiger partial charge is 0.246 e. The molecule has 1 aliphatic heterocycles. The zero-order chi connectivity index (χ0) is 13.4. The van der Waals surface area contributed by atoms with Gasteiger partial charge in [0.05, 0.1) is 36.2 Å². The number of pyridine rings is 1. The lowest BCUT2D eigenvalue weighted by molar-refractivity contribution is -0.130. The Morgan fingerprint density at radius 1 is 1.16 bits per heavy atom. The van der Waals surface area contributed by atoms with Crippen LogP contribution in [0.25, 0.3) is 10.9 Å². The van der Waals surface area contributed by atoms with Crippen molar-refractivity contribution in [2.24, 2.45) is 0 Å². The molecule has 0 saturated carbocycles. The molecule has 2 amide bonds. The third kappa shape index (κ3) is 1.97. The van der Waals surface area contributed by atoms with Crippen LogP contribution in [0.5, 0.6) is 0 Å². The molecule has 0 aliphatic carbocycles. The molecule has 6 heteroatoms. The number of aromatic nitrogens is 1. The third-order valence-electron chi connectivity index (χ3n) is 3.04. The molecule has 0 bridgehead atoms. The van der Waals surface area contributed by atoms with Crippen LogP contribution in [0.15, 0.2) is 30.5 Å². The molecule has 0 spiro atoms. The number of nitrogens with two attached hydrogens (primary N) is 1. The van der Waals surface area contributed by atoms with Gasteiger partial charge in [-0.25, -0.2) is 0 Å². The largest absolute Gasteiger partial charge is 0.396 e. The van der Waals surface area contributed by atoms with Crippen molar-refractivity contribution < 1.29 is 9.59 Å². The summed E-state index contributed by atoms with van der Waals surface area (Å²) in [7, 11) is 0. The molecular weight excluding hydrogens is 244 g/mol. The molecule has 3 N–H and O–H groups in total. The van der Waals surface area contributed by atoms with Crippen LogP contribution in [0.4, 0.5) is 11.4 Å². The minimum Gasteiger partial charge on any atom is -0.396 e.